The van der Waals surface area contributed by atoms with Crippen LogP contribution >= 0.6 is 11.6 Å². The van der Waals surface area contributed by atoms with E-state index in [0.717, 1.165) is 42.4 Å². The Morgan fingerprint density at radius 3 is 2.75 bits per heavy atom. The van der Waals surface area contributed by atoms with Gasteiger partial charge in [-0.25, -0.2) is 8.78 Å². The zero-order valence-electron chi connectivity index (χ0n) is 15.9. The lowest BCUT2D eigenvalue weighted by Gasteiger charge is -2.30. The van der Waals surface area contributed by atoms with Gasteiger partial charge in [-0.2, -0.15) is 0 Å². The van der Waals surface area contributed by atoms with Crippen molar-refractivity contribution in [1.29, 1.82) is 0 Å². The number of hydrogen-bond acceptors (Lipinski definition) is 3. The Kier molecular flexibility index (Phi) is 5.30. The minimum atomic E-state index is -2.63. The standard InChI is InChI=1S/C22H22ClF2N3/c1-13-16-6-3-7-17(14-5-4-10-28(2)12-14)21(16)27-26-20(13)18-9-8-15(23)11-19(18)22(24)25/h3,6-9,11,14,22H,4-5,10,12H2,1-2H3. The fraction of sp³-hybridized carbons (Fsp3) is 0.364. The van der Waals surface area contributed by atoms with E-state index in [9.17, 15) is 8.78 Å². The molecule has 1 fully saturated rings. The maximum atomic E-state index is 13.6. The Morgan fingerprint density at radius 2 is 2.00 bits per heavy atom. The highest BCUT2D eigenvalue weighted by molar-refractivity contribution is 6.30. The molecule has 1 atom stereocenters. The highest BCUT2D eigenvalue weighted by Crippen LogP contribution is 2.37. The molecule has 0 saturated carbocycles. The molecular weight excluding hydrogens is 380 g/mol. The number of piperidine rings is 1. The molecule has 6 heteroatoms. The zero-order chi connectivity index (χ0) is 19.8. The summed E-state index contributed by atoms with van der Waals surface area (Å²) in [4.78, 5) is 2.34. The summed E-state index contributed by atoms with van der Waals surface area (Å²) >= 11 is 5.93. The molecule has 146 valence electrons. The van der Waals surface area contributed by atoms with Crippen LogP contribution < -0.4 is 0 Å². The van der Waals surface area contributed by atoms with E-state index in [1.807, 2.05) is 19.1 Å². The van der Waals surface area contributed by atoms with Crippen molar-refractivity contribution in [3.8, 4) is 11.3 Å². The van der Waals surface area contributed by atoms with Crippen LogP contribution in [0.2, 0.25) is 5.02 Å². The number of benzene rings is 2. The van der Waals surface area contributed by atoms with Crippen LogP contribution in [0, 0.1) is 6.92 Å². The molecule has 4 rings (SSSR count). The SMILES string of the molecule is Cc1c(-c2ccc(Cl)cc2C(F)F)nnc2c(C3CCCN(C)C3)cccc12. The number of likely N-dealkylation sites (tertiary alicyclic amines) is 1. The van der Waals surface area contributed by atoms with Crippen LogP contribution in [0.3, 0.4) is 0 Å². The van der Waals surface area contributed by atoms with Gasteiger partial charge in [-0.15, -0.1) is 10.2 Å². The third-order valence-corrected chi connectivity index (χ3v) is 5.88. The van der Waals surface area contributed by atoms with Crippen LogP contribution in [0.15, 0.2) is 36.4 Å². The van der Waals surface area contributed by atoms with E-state index in [1.165, 1.54) is 11.6 Å². The molecule has 0 bridgehead atoms. The minimum absolute atomic E-state index is 0.116. The van der Waals surface area contributed by atoms with Gasteiger partial charge in [0.05, 0.1) is 11.2 Å². The van der Waals surface area contributed by atoms with E-state index in [4.69, 9.17) is 11.6 Å². The number of likely N-dealkylation sites (N-methyl/N-ethyl adjacent to an activating group) is 1. The van der Waals surface area contributed by atoms with Crippen molar-refractivity contribution in [1.82, 2.24) is 15.1 Å². The summed E-state index contributed by atoms with van der Waals surface area (Å²) in [6.07, 6.45) is -0.349. The zero-order valence-corrected chi connectivity index (χ0v) is 16.7. The Hall–Kier alpha value is -2.11. The van der Waals surface area contributed by atoms with Crippen molar-refractivity contribution in [2.24, 2.45) is 0 Å². The first kappa shape index (κ1) is 19.2. The number of aromatic nitrogens is 2. The monoisotopic (exact) mass is 401 g/mol. The number of fused-ring (bicyclic) bond motifs is 1. The van der Waals surface area contributed by atoms with Gasteiger partial charge >= 0.3 is 0 Å². The van der Waals surface area contributed by atoms with Crippen molar-refractivity contribution >= 4 is 22.5 Å². The summed E-state index contributed by atoms with van der Waals surface area (Å²) in [5, 5.41) is 10.1. The molecule has 2 aromatic carbocycles. The first-order valence-corrected chi connectivity index (χ1v) is 9.86. The Balaban J connectivity index is 1.85. The molecule has 3 aromatic rings. The second kappa shape index (κ2) is 7.72. The third kappa shape index (κ3) is 3.49. The van der Waals surface area contributed by atoms with Crippen LogP contribution in [0.5, 0.6) is 0 Å². The lowest BCUT2D eigenvalue weighted by atomic mass is 9.88. The van der Waals surface area contributed by atoms with E-state index in [-0.39, 0.29) is 10.6 Å². The van der Waals surface area contributed by atoms with Gasteiger partial charge in [0.15, 0.2) is 0 Å². The number of alkyl halides is 2. The predicted molar refractivity (Wildman–Crippen MR) is 109 cm³/mol. The Morgan fingerprint density at radius 1 is 1.18 bits per heavy atom. The van der Waals surface area contributed by atoms with Gasteiger partial charge in [-0.3, -0.25) is 0 Å². The molecule has 0 spiro atoms. The molecule has 28 heavy (non-hydrogen) atoms. The highest BCUT2D eigenvalue weighted by Gasteiger charge is 2.23. The number of nitrogens with zero attached hydrogens (tertiary/aromatic N) is 3. The van der Waals surface area contributed by atoms with Gasteiger partial charge in [0.25, 0.3) is 6.43 Å². The van der Waals surface area contributed by atoms with Gasteiger partial charge in [-0.05, 0) is 62.5 Å². The average molecular weight is 402 g/mol. The van der Waals surface area contributed by atoms with Crippen LogP contribution in [0.25, 0.3) is 22.2 Å². The molecule has 2 heterocycles. The van der Waals surface area contributed by atoms with E-state index < -0.39 is 6.43 Å². The molecule has 0 amide bonds. The molecule has 0 radical (unpaired) electrons. The molecule has 0 N–H and O–H groups in total. The van der Waals surface area contributed by atoms with E-state index >= 15 is 0 Å². The second-order valence-corrected chi connectivity index (χ2v) is 7.99. The minimum Gasteiger partial charge on any atom is -0.306 e. The van der Waals surface area contributed by atoms with E-state index in [1.54, 1.807) is 12.1 Å². The van der Waals surface area contributed by atoms with Gasteiger partial charge in [0.1, 0.15) is 0 Å². The lowest BCUT2D eigenvalue weighted by molar-refractivity contribution is 0.152. The lowest BCUT2D eigenvalue weighted by Crippen LogP contribution is -2.31. The number of halogens is 3. The van der Waals surface area contributed by atoms with Crippen molar-refractivity contribution in [2.75, 3.05) is 20.1 Å². The normalized spacial score (nSPS) is 18.1. The molecule has 1 aliphatic rings. The molecular formula is C22H22ClF2N3. The summed E-state index contributed by atoms with van der Waals surface area (Å²) in [6, 6.07) is 10.7. The van der Waals surface area contributed by atoms with Crippen LogP contribution in [0.4, 0.5) is 8.78 Å². The summed E-state index contributed by atoms with van der Waals surface area (Å²) in [5.74, 6) is 0.411. The van der Waals surface area contributed by atoms with Crippen molar-refractivity contribution in [2.45, 2.75) is 32.1 Å². The molecule has 1 saturated heterocycles. The van der Waals surface area contributed by atoms with Crippen molar-refractivity contribution in [3.05, 3.63) is 58.1 Å². The average Bonchev–Trinajstić information content (AvgIpc) is 2.68. The van der Waals surface area contributed by atoms with Crippen LogP contribution in [0.1, 0.15) is 41.9 Å². The molecule has 0 aliphatic carbocycles. The number of aryl methyl sites for hydroxylation is 1. The fourth-order valence-electron chi connectivity index (χ4n) is 4.21. The molecule has 1 aliphatic heterocycles. The molecule has 1 aromatic heterocycles. The van der Waals surface area contributed by atoms with Gasteiger partial charge in [-0.1, -0.05) is 35.9 Å². The summed E-state index contributed by atoms with van der Waals surface area (Å²) in [7, 11) is 2.14. The van der Waals surface area contributed by atoms with Gasteiger partial charge < -0.3 is 4.90 Å². The quantitative estimate of drug-likeness (QED) is 0.538. The molecule has 1 unspecified atom stereocenters. The molecule has 3 nitrogen and oxygen atoms in total. The summed E-state index contributed by atoms with van der Waals surface area (Å²) in [5.41, 5.74) is 3.68. The summed E-state index contributed by atoms with van der Waals surface area (Å²) in [6.45, 7) is 4.03. The van der Waals surface area contributed by atoms with E-state index in [2.05, 4.69) is 28.2 Å². The van der Waals surface area contributed by atoms with Gasteiger partial charge in [0.2, 0.25) is 0 Å². The van der Waals surface area contributed by atoms with E-state index in [0.29, 0.717) is 17.2 Å². The Labute approximate surface area is 168 Å². The van der Waals surface area contributed by atoms with Crippen LogP contribution in [-0.4, -0.2) is 35.2 Å². The maximum Gasteiger partial charge on any atom is 0.264 e. The van der Waals surface area contributed by atoms with Gasteiger partial charge in [0, 0.05) is 28.1 Å². The first-order chi connectivity index (χ1) is 13.5. The first-order valence-electron chi connectivity index (χ1n) is 9.48. The highest BCUT2D eigenvalue weighted by atomic mass is 35.5. The third-order valence-electron chi connectivity index (χ3n) is 5.64. The van der Waals surface area contributed by atoms with Crippen molar-refractivity contribution in [3.63, 3.8) is 0 Å². The maximum absolute atomic E-state index is 13.6. The smallest absolute Gasteiger partial charge is 0.264 e. The topological polar surface area (TPSA) is 29.0 Å². The largest absolute Gasteiger partial charge is 0.306 e. The van der Waals surface area contributed by atoms with Crippen LogP contribution in [-0.2, 0) is 0 Å². The fourth-order valence-corrected chi connectivity index (χ4v) is 4.39. The number of hydrogen-bond donors (Lipinski definition) is 0. The Bertz CT molecular complexity index is 1020. The second-order valence-electron chi connectivity index (χ2n) is 7.55. The number of rotatable bonds is 3. The summed E-state index contributed by atoms with van der Waals surface area (Å²) < 4.78 is 27.1. The van der Waals surface area contributed by atoms with Crippen molar-refractivity contribution < 1.29 is 8.78 Å². The predicted octanol–water partition coefficient (Wildman–Crippen LogP) is 6.01.